The van der Waals surface area contributed by atoms with Crippen LogP contribution in [0.25, 0.3) is 11.1 Å². The summed E-state index contributed by atoms with van der Waals surface area (Å²) in [6.07, 6.45) is 5.71. The van der Waals surface area contributed by atoms with Gasteiger partial charge in [0.25, 0.3) is 0 Å². The van der Waals surface area contributed by atoms with Crippen molar-refractivity contribution in [2.24, 2.45) is 0 Å². The average molecular weight is 363 g/mol. The molecule has 1 amide bonds. The Morgan fingerprint density at radius 1 is 1.07 bits per heavy atom. The van der Waals surface area contributed by atoms with Gasteiger partial charge in [0.05, 0.1) is 24.9 Å². The molecule has 5 heteroatoms. The highest BCUT2D eigenvalue weighted by Gasteiger charge is 2.20. The fraction of sp³-hybridized carbons (Fsp3) is 0.273. The Balaban J connectivity index is 1.42. The van der Waals surface area contributed by atoms with E-state index in [9.17, 15) is 4.79 Å². The van der Waals surface area contributed by atoms with Crippen LogP contribution in [0.3, 0.4) is 0 Å². The summed E-state index contributed by atoms with van der Waals surface area (Å²) in [7, 11) is 0. The first-order valence-electron chi connectivity index (χ1n) is 9.08. The van der Waals surface area contributed by atoms with Crippen molar-refractivity contribution in [3.05, 3.63) is 73.3 Å². The van der Waals surface area contributed by atoms with Crippen LogP contribution in [0.4, 0.5) is 0 Å². The van der Waals surface area contributed by atoms with Gasteiger partial charge in [-0.3, -0.25) is 4.79 Å². The molecule has 1 N–H and O–H groups in total. The van der Waals surface area contributed by atoms with Crippen LogP contribution in [0.15, 0.2) is 73.3 Å². The van der Waals surface area contributed by atoms with E-state index >= 15 is 0 Å². The summed E-state index contributed by atoms with van der Waals surface area (Å²) in [5.74, 6) is 0.741. The van der Waals surface area contributed by atoms with Gasteiger partial charge in [-0.15, -0.1) is 0 Å². The zero-order valence-corrected chi connectivity index (χ0v) is 15.8. The van der Waals surface area contributed by atoms with Gasteiger partial charge >= 0.3 is 0 Å². The number of hydrogen-bond donors (Lipinski definition) is 1. The highest BCUT2D eigenvalue weighted by atomic mass is 16.5. The fourth-order valence-corrected chi connectivity index (χ4v) is 2.75. The minimum absolute atomic E-state index is 0.0240. The smallest absolute Gasteiger partial charge is 0.223 e. The molecule has 3 rings (SSSR count). The number of rotatable bonds is 8. The Kier molecular flexibility index (Phi) is 5.91. The van der Waals surface area contributed by atoms with Crippen LogP contribution in [0, 0.1) is 0 Å². The second-order valence-corrected chi connectivity index (χ2v) is 7.05. The largest absolute Gasteiger partial charge is 0.493 e. The molecule has 0 unspecified atom stereocenters. The van der Waals surface area contributed by atoms with Crippen molar-refractivity contribution in [1.29, 1.82) is 0 Å². The normalized spacial score (nSPS) is 11.2. The molecule has 0 aliphatic carbocycles. The monoisotopic (exact) mass is 363 g/mol. The number of carbonyl (C=O) groups excluding carboxylic acids is 1. The number of nitrogens with zero attached hydrogens (tertiary/aromatic N) is 2. The molecular weight excluding hydrogens is 338 g/mol. The molecule has 0 saturated heterocycles. The molecule has 27 heavy (non-hydrogen) atoms. The lowest BCUT2D eigenvalue weighted by molar-refractivity contribution is -0.121. The van der Waals surface area contributed by atoms with Gasteiger partial charge in [-0.05, 0) is 37.1 Å². The summed E-state index contributed by atoms with van der Waals surface area (Å²) in [5.41, 5.74) is 2.09. The Bertz CT molecular complexity index is 841. The van der Waals surface area contributed by atoms with Gasteiger partial charge in [-0.25, -0.2) is 4.98 Å². The van der Waals surface area contributed by atoms with Crippen LogP contribution < -0.4 is 10.1 Å². The Morgan fingerprint density at radius 3 is 2.44 bits per heavy atom. The van der Waals surface area contributed by atoms with Crippen molar-refractivity contribution in [1.82, 2.24) is 14.9 Å². The zero-order valence-electron chi connectivity index (χ0n) is 15.8. The van der Waals surface area contributed by atoms with Crippen molar-refractivity contribution in [2.75, 3.05) is 13.2 Å². The van der Waals surface area contributed by atoms with Crippen LogP contribution in [-0.4, -0.2) is 28.6 Å². The summed E-state index contributed by atoms with van der Waals surface area (Å²) in [6, 6.07) is 18.1. The third-order valence-electron chi connectivity index (χ3n) is 4.48. The predicted molar refractivity (Wildman–Crippen MR) is 107 cm³/mol. The van der Waals surface area contributed by atoms with Gasteiger partial charge in [0, 0.05) is 18.9 Å². The van der Waals surface area contributed by atoms with Gasteiger partial charge in [0.2, 0.25) is 5.91 Å². The number of benzene rings is 2. The van der Waals surface area contributed by atoms with E-state index in [1.807, 2.05) is 53.2 Å². The molecule has 0 aliphatic heterocycles. The highest BCUT2D eigenvalue weighted by Crippen LogP contribution is 2.22. The van der Waals surface area contributed by atoms with Crippen LogP contribution in [0.2, 0.25) is 0 Å². The first-order chi connectivity index (χ1) is 13.0. The van der Waals surface area contributed by atoms with E-state index in [0.29, 0.717) is 19.6 Å². The van der Waals surface area contributed by atoms with Crippen LogP contribution in [-0.2, 0) is 10.3 Å². The third kappa shape index (κ3) is 5.20. The van der Waals surface area contributed by atoms with E-state index in [1.54, 1.807) is 12.5 Å². The van der Waals surface area contributed by atoms with Crippen LogP contribution in [0.5, 0.6) is 5.75 Å². The number of aromatic nitrogens is 2. The highest BCUT2D eigenvalue weighted by molar-refractivity contribution is 5.76. The lowest BCUT2D eigenvalue weighted by atomic mass is 10.1. The molecular formula is C22H25N3O2. The summed E-state index contributed by atoms with van der Waals surface area (Å²) < 4.78 is 7.68. The maximum atomic E-state index is 12.1. The predicted octanol–water partition coefficient (Wildman–Crippen LogP) is 3.87. The van der Waals surface area contributed by atoms with Crippen molar-refractivity contribution in [3.8, 4) is 16.9 Å². The van der Waals surface area contributed by atoms with E-state index in [2.05, 4.69) is 36.3 Å². The third-order valence-corrected chi connectivity index (χ3v) is 4.48. The molecule has 0 atom stereocenters. The van der Waals surface area contributed by atoms with Crippen molar-refractivity contribution < 1.29 is 9.53 Å². The number of ether oxygens (including phenoxy) is 1. The van der Waals surface area contributed by atoms with Crippen LogP contribution >= 0.6 is 0 Å². The Morgan fingerprint density at radius 2 is 1.78 bits per heavy atom. The molecule has 0 aliphatic rings. The summed E-state index contributed by atoms with van der Waals surface area (Å²) in [4.78, 5) is 16.1. The molecule has 0 radical (unpaired) electrons. The number of nitrogens with one attached hydrogen (secondary N) is 1. The van der Waals surface area contributed by atoms with Crippen molar-refractivity contribution >= 4 is 5.91 Å². The minimum Gasteiger partial charge on any atom is -0.493 e. The number of hydrogen-bond acceptors (Lipinski definition) is 3. The average Bonchev–Trinajstić information content (AvgIpc) is 3.24. The lowest BCUT2D eigenvalue weighted by Crippen LogP contribution is -2.40. The molecule has 1 heterocycles. The standard InChI is InChI=1S/C22H25N3O2/c1-22(2,25-14-13-23-17-25)16-24-21(26)12-15-27-20-10-8-19(9-11-20)18-6-4-3-5-7-18/h3-11,13-14,17H,12,15-16H2,1-2H3,(H,24,26). The van der Waals surface area contributed by atoms with E-state index < -0.39 is 0 Å². The first-order valence-corrected chi connectivity index (χ1v) is 9.08. The number of imidazole rings is 1. The Labute approximate surface area is 160 Å². The Hall–Kier alpha value is -3.08. The molecule has 5 nitrogen and oxygen atoms in total. The van der Waals surface area contributed by atoms with Crippen molar-refractivity contribution in [2.45, 2.75) is 25.8 Å². The summed E-state index contributed by atoms with van der Waals surface area (Å²) in [6.45, 7) is 5.00. The number of carbonyl (C=O) groups is 1. The second kappa shape index (κ2) is 8.54. The molecule has 0 bridgehead atoms. The van der Waals surface area contributed by atoms with Gasteiger partial charge in [-0.1, -0.05) is 42.5 Å². The quantitative estimate of drug-likeness (QED) is 0.661. The second-order valence-electron chi connectivity index (χ2n) is 7.05. The SMILES string of the molecule is CC(C)(CNC(=O)CCOc1ccc(-c2ccccc2)cc1)n1ccnc1. The van der Waals surface area contributed by atoms with Gasteiger partial charge in [0.15, 0.2) is 0 Å². The summed E-state index contributed by atoms with van der Waals surface area (Å²) in [5, 5.41) is 2.96. The molecule has 0 saturated carbocycles. The number of amides is 1. The van der Waals surface area contributed by atoms with E-state index in [4.69, 9.17) is 4.74 Å². The van der Waals surface area contributed by atoms with Gasteiger partial charge < -0.3 is 14.6 Å². The maximum Gasteiger partial charge on any atom is 0.223 e. The molecule has 140 valence electrons. The summed E-state index contributed by atoms with van der Waals surface area (Å²) >= 11 is 0. The fourth-order valence-electron chi connectivity index (χ4n) is 2.75. The van der Waals surface area contributed by atoms with E-state index in [0.717, 1.165) is 11.3 Å². The van der Waals surface area contributed by atoms with Gasteiger partial charge in [-0.2, -0.15) is 0 Å². The zero-order chi connectivity index (χ0) is 19.1. The molecule has 0 spiro atoms. The maximum absolute atomic E-state index is 12.1. The lowest BCUT2D eigenvalue weighted by Gasteiger charge is -2.26. The molecule has 2 aromatic carbocycles. The molecule has 1 aromatic heterocycles. The van der Waals surface area contributed by atoms with Gasteiger partial charge in [0.1, 0.15) is 5.75 Å². The molecule has 3 aromatic rings. The van der Waals surface area contributed by atoms with Crippen molar-refractivity contribution in [3.63, 3.8) is 0 Å². The van der Waals surface area contributed by atoms with E-state index in [1.165, 1.54) is 5.56 Å². The molecule has 0 fully saturated rings. The minimum atomic E-state index is -0.222. The topological polar surface area (TPSA) is 56.1 Å². The van der Waals surface area contributed by atoms with Crippen LogP contribution in [0.1, 0.15) is 20.3 Å². The van der Waals surface area contributed by atoms with E-state index in [-0.39, 0.29) is 11.4 Å². The first kappa shape index (κ1) is 18.7.